The Kier molecular flexibility index (Phi) is 9.32. The van der Waals surface area contributed by atoms with Gasteiger partial charge >= 0.3 is 0 Å². The summed E-state index contributed by atoms with van der Waals surface area (Å²) in [5.41, 5.74) is 1.92. The van der Waals surface area contributed by atoms with Crippen LogP contribution in [0.25, 0.3) is 0 Å². The van der Waals surface area contributed by atoms with Gasteiger partial charge in [-0.15, -0.1) is 0 Å². The number of carbonyl (C=O) groups is 2. The van der Waals surface area contributed by atoms with Gasteiger partial charge in [0.2, 0.25) is 5.91 Å². The second-order valence-electron chi connectivity index (χ2n) is 9.37. The Morgan fingerprint density at radius 3 is 2.28 bits per heavy atom. The zero-order valence-electron chi connectivity index (χ0n) is 19.9. The van der Waals surface area contributed by atoms with E-state index in [1.54, 1.807) is 11.8 Å². The third-order valence-electron chi connectivity index (χ3n) is 5.12. The lowest BCUT2D eigenvalue weighted by atomic mass is 10.0. The van der Waals surface area contributed by atoms with Crippen LogP contribution >= 0.6 is 15.9 Å². The summed E-state index contributed by atoms with van der Waals surface area (Å²) < 4.78 is 6.64. The topological polar surface area (TPSA) is 58.6 Å². The third kappa shape index (κ3) is 7.97. The van der Waals surface area contributed by atoms with Crippen molar-refractivity contribution in [3.05, 3.63) is 64.1 Å². The molecular weight excluding hydrogens is 468 g/mol. The van der Waals surface area contributed by atoms with E-state index in [0.717, 1.165) is 10.0 Å². The first-order valence-electron chi connectivity index (χ1n) is 11.1. The van der Waals surface area contributed by atoms with Gasteiger partial charge in [0.25, 0.3) is 5.91 Å². The van der Waals surface area contributed by atoms with Crippen molar-refractivity contribution in [1.29, 1.82) is 0 Å². The fourth-order valence-electron chi connectivity index (χ4n) is 3.26. The quantitative estimate of drug-likeness (QED) is 0.504. The van der Waals surface area contributed by atoms with Crippen molar-refractivity contribution in [2.24, 2.45) is 0 Å². The second-order valence-corrected chi connectivity index (χ2v) is 10.2. The molecule has 1 N–H and O–H groups in total. The summed E-state index contributed by atoms with van der Waals surface area (Å²) >= 11 is 3.54. The van der Waals surface area contributed by atoms with Gasteiger partial charge in [-0.05, 0) is 79.2 Å². The van der Waals surface area contributed by atoms with Gasteiger partial charge in [-0.1, -0.05) is 50.2 Å². The monoisotopic (exact) mass is 502 g/mol. The predicted octanol–water partition coefficient (Wildman–Crippen LogP) is 5.33. The summed E-state index contributed by atoms with van der Waals surface area (Å²) in [5.74, 6) is 0.605. The summed E-state index contributed by atoms with van der Waals surface area (Å²) in [4.78, 5) is 27.5. The van der Waals surface area contributed by atoms with Crippen molar-refractivity contribution in [2.45, 2.75) is 65.5 Å². The number of benzene rings is 2. The van der Waals surface area contributed by atoms with E-state index >= 15 is 0 Å². The molecule has 0 bridgehead atoms. The number of nitrogens with one attached hydrogen (secondary N) is 1. The van der Waals surface area contributed by atoms with Crippen molar-refractivity contribution < 1.29 is 14.3 Å². The average Bonchev–Trinajstić information content (AvgIpc) is 2.72. The molecule has 32 heavy (non-hydrogen) atoms. The van der Waals surface area contributed by atoms with Crippen LogP contribution < -0.4 is 10.1 Å². The molecule has 1 unspecified atom stereocenters. The summed E-state index contributed by atoms with van der Waals surface area (Å²) in [7, 11) is 0. The maximum Gasteiger partial charge on any atom is 0.261 e. The number of hydrogen-bond acceptors (Lipinski definition) is 3. The Morgan fingerprint density at radius 1 is 1.06 bits per heavy atom. The molecule has 0 aliphatic rings. The molecule has 0 fully saturated rings. The largest absolute Gasteiger partial charge is 0.483 e. The Balaban J connectivity index is 2.12. The molecule has 2 rings (SSSR count). The molecule has 0 radical (unpaired) electrons. The number of carbonyl (C=O) groups excluding carboxylic acids is 2. The van der Waals surface area contributed by atoms with Gasteiger partial charge in [0.05, 0.1) is 4.47 Å². The van der Waals surface area contributed by atoms with Gasteiger partial charge in [-0.3, -0.25) is 9.59 Å². The van der Waals surface area contributed by atoms with Crippen LogP contribution in [0, 0.1) is 0 Å². The first kappa shape index (κ1) is 25.9. The van der Waals surface area contributed by atoms with Crippen molar-refractivity contribution in [1.82, 2.24) is 10.2 Å². The third-order valence-corrected chi connectivity index (χ3v) is 5.74. The smallest absolute Gasteiger partial charge is 0.261 e. The maximum absolute atomic E-state index is 13.1. The van der Waals surface area contributed by atoms with E-state index in [9.17, 15) is 9.59 Å². The normalized spacial score (nSPS) is 12.4. The Bertz CT molecular complexity index is 907. The van der Waals surface area contributed by atoms with Crippen LogP contribution in [0.3, 0.4) is 0 Å². The first-order valence-corrected chi connectivity index (χ1v) is 11.8. The summed E-state index contributed by atoms with van der Waals surface area (Å²) in [5, 5.41) is 2.97. The van der Waals surface area contributed by atoms with E-state index in [1.807, 2.05) is 69.3 Å². The van der Waals surface area contributed by atoms with Crippen molar-refractivity contribution in [3.8, 4) is 5.75 Å². The Morgan fingerprint density at radius 2 is 1.72 bits per heavy atom. The van der Waals surface area contributed by atoms with Crippen molar-refractivity contribution in [3.63, 3.8) is 0 Å². The van der Waals surface area contributed by atoms with E-state index < -0.39 is 6.04 Å². The number of nitrogens with zero attached hydrogens (tertiary/aromatic N) is 1. The molecule has 0 spiro atoms. The van der Waals surface area contributed by atoms with E-state index in [0.29, 0.717) is 24.6 Å². The van der Waals surface area contributed by atoms with Gasteiger partial charge in [0.1, 0.15) is 11.8 Å². The predicted molar refractivity (Wildman–Crippen MR) is 133 cm³/mol. The second kappa shape index (κ2) is 11.5. The highest BCUT2D eigenvalue weighted by Crippen LogP contribution is 2.29. The zero-order valence-corrected chi connectivity index (χ0v) is 21.5. The molecule has 1 atom stereocenters. The Hall–Kier alpha value is -2.34. The van der Waals surface area contributed by atoms with Crippen LogP contribution in [0.15, 0.2) is 53.0 Å². The number of hydrogen-bond donors (Lipinski definition) is 1. The molecule has 5 nitrogen and oxygen atoms in total. The van der Waals surface area contributed by atoms with Crippen molar-refractivity contribution in [2.75, 3.05) is 13.2 Å². The molecule has 0 aliphatic carbocycles. The van der Waals surface area contributed by atoms with E-state index in [2.05, 4.69) is 35.1 Å². The molecule has 2 aromatic rings. The van der Waals surface area contributed by atoms with Crippen LogP contribution in [-0.4, -0.2) is 41.4 Å². The van der Waals surface area contributed by atoms with E-state index in [4.69, 9.17) is 4.74 Å². The lowest BCUT2D eigenvalue weighted by Crippen LogP contribution is -2.53. The molecule has 2 amide bonds. The van der Waals surface area contributed by atoms with Crippen LogP contribution in [0.2, 0.25) is 0 Å². The van der Waals surface area contributed by atoms with Gasteiger partial charge in [0.15, 0.2) is 6.61 Å². The molecule has 0 aliphatic heterocycles. The minimum atomic E-state index is -0.610. The van der Waals surface area contributed by atoms with Crippen LogP contribution in [0.4, 0.5) is 0 Å². The highest BCUT2D eigenvalue weighted by atomic mass is 79.9. The Labute approximate surface area is 200 Å². The van der Waals surface area contributed by atoms with Crippen molar-refractivity contribution >= 4 is 27.7 Å². The van der Waals surface area contributed by atoms with Gasteiger partial charge in [0, 0.05) is 12.1 Å². The summed E-state index contributed by atoms with van der Waals surface area (Å²) in [6.07, 6.45) is 0.659. The van der Waals surface area contributed by atoms with Crippen LogP contribution in [0.1, 0.15) is 58.6 Å². The number of ether oxygens (including phenoxy) is 1. The molecule has 0 saturated heterocycles. The lowest BCUT2D eigenvalue weighted by Gasteiger charge is -2.31. The fraction of sp³-hybridized carbons (Fsp3) is 0.462. The van der Waals surface area contributed by atoms with E-state index in [-0.39, 0.29) is 24.0 Å². The van der Waals surface area contributed by atoms with Gasteiger partial charge < -0.3 is 15.0 Å². The number of amides is 2. The molecule has 0 saturated carbocycles. The maximum atomic E-state index is 13.1. The minimum absolute atomic E-state index is 0.137. The minimum Gasteiger partial charge on any atom is -0.483 e. The zero-order chi connectivity index (χ0) is 23.9. The number of halogens is 1. The van der Waals surface area contributed by atoms with Crippen LogP contribution in [0.5, 0.6) is 5.75 Å². The summed E-state index contributed by atoms with van der Waals surface area (Å²) in [6, 6.07) is 15.2. The highest BCUT2D eigenvalue weighted by Gasteiger charge is 2.28. The molecule has 0 heterocycles. The SMILES string of the molecule is CC(C)c1ccc(OCC(=O)N(CCc2ccccc2)C(C)C(=O)NC(C)(C)C)c(Br)c1. The molecule has 6 heteroatoms. The molecular formula is C26H35BrN2O3. The standard InChI is InChI=1S/C26H35BrN2O3/c1-18(2)21-12-13-23(22(27)16-21)32-17-24(30)29(15-14-20-10-8-7-9-11-20)19(3)25(31)28-26(4,5)6/h7-13,16,18-19H,14-15,17H2,1-6H3,(H,28,31). The number of rotatable bonds is 9. The lowest BCUT2D eigenvalue weighted by molar-refractivity contribution is -0.142. The van der Waals surface area contributed by atoms with E-state index in [1.165, 1.54) is 5.56 Å². The van der Waals surface area contributed by atoms with Gasteiger partial charge in [-0.25, -0.2) is 0 Å². The first-order chi connectivity index (χ1) is 15.0. The molecule has 2 aromatic carbocycles. The fourth-order valence-corrected chi connectivity index (χ4v) is 3.77. The van der Waals surface area contributed by atoms with Crippen LogP contribution in [-0.2, 0) is 16.0 Å². The van der Waals surface area contributed by atoms with Gasteiger partial charge in [-0.2, -0.15) is 0 Å². The highest BCUT2D eigenvalue weighted by molar-refractivity contribution is 9.10. The average molecular weight is 503 g/mol. The molecule has 174 valence electrons. The summed E-state index contributed by atoms with van der Waals surface area (Å²) in [6.45, 7) is 12.1. The molecule has 0 aromatic heterocycles.